The SMILES string of the molecule is Cc1ncc(CNCCNS(=O)(=O)c2cccc([N+](=O)[O-])c2)s1. The Balaban J connectivity index is 1.84. The van der Waals surface area contributed by atoms with E-state index in [9.17, 15) is 18.5 Å². The molecule has 0 aliphatic heterocycles. The van der Waals surface area contributed by atoms with Gasteiger partial charge in [-0.3, -0.25) is 10.1 Å². The van der Waals surface area contributed by atoms with E-state index in [1.165, 1.54) is 18.2 Å². The molecule has 0 fully saturated rings. The number of aromatic nitrogens is 1. The molecule has 8 nitrogen and oxygen atoms in total. The van der Waals surface area contributed by atoms with Crippen molar-refractivity contribution in [2.45, 2.75) is 18.4 Å². The van der Waals surface area contributed by atoms with Gasteiger partial charge in [-0.1, -0.05) is 6.07 Å². The van der Waals surface area contributed by atoms with Crippen LogP contribution in [0.15, 0.2) is 35.4 Å². The maximum atomic E-state index is 12.1. The molecule has 10 heteroatoms. The highest BCUT2D eigenvalue weighted by Gasteiger charge is 2.16. The summed E-state index contributed by atoms with van der Waals surface area (Å²) in [7, 11) is -3.76. The second-order valence-corrected chi connectivity index (χ2v) is 7.76. The third-order valence-electron chi connectivity index (χ3n) is 2.90. The summed E-state index contributed by atoms with van der Waals surface area (Å²) in [6.45, 7) is 3.15. The first-order valence-corrected chi connectivity index (χ1v) is 9.04. The van der Waals surface area contributed by atoms with E-state index in [1.807, 2.05) is 6.92 Å². The van der Waals surface area contributed by atoms with Gasteiger partial charge in [-0.25, -0.2) is 18.1 Å². The fraction of sp³-hybridized carbons (Fsp3) is 0.308. The molecule has 1 heterocycles. The lowest BCUT2D eigenvalue weighted by Crippen LogP contribution is -2.31. The van der Waals surface area contributed by atoms with Crippen LogP contribution in [0.5, 0.6) is 0 Å². The summed E-state index contributed by atoms with van der Waals surface area (Å²) in [4.78, 5) is 15.1. The highest BCUT2D eigenvalue weighted by atomic mass is 32.2. The first kappa shape index (κ1) is 17.5. The minimum Gasteiger partial charge on any atom is -0.310 e. The Kier molecular flexibility index (Phi) is 5.77. The molecule has 0 amide bonds. The van der Waals surface area contributed by atoms with Gasteiger partial charge in [0, 0.05) is 42.8 Å². The largest absolute Gasteiger partial charge is 0.310 e. The summed E-state index contributed by atoms with van der Waals surface area (Å²) < 4.78 is 26.6. The van der Waals surface area contributed by atoms with E-state index in [0.29, 0.717) is 13.1 Å². The van der Waals surface area contributed by atoms with Crippen molar-refractivity contribution in [3.63, 3.8) is 0 Å². The predicted octanol–water partition coefficient (Wildman–Crippen LogP) is 1.43. The van der Waals surface area contributed by atoms with Gasteiger partial charge in [-0.05, 0) is 13.0 Å². The zero-order valence-electron chi connectivity index (χ0n) is 12.4. The number of sulfonamides is 1. The van der Waals surface area contributed by atoms with E-state index in [-0.39, 0.29) is 17.1 Å². The van der Waals surface area contributed by atoms with Crippen LogP contribution < -0.4 is 10.0 Å². The van der Waals surface area contributed by atoms with Gasteiger partial charge in [0.05, 0.1) is 14.8 Å². The van der Waals surface area contributed by atoms with E-state index in [2.05, 4.69) is 15.0 Å². The van der Waals surface area contributed by atoms with E-state index < -0.39 is 14.9 Å². The summed E-state index contributed by atoms with van der Waals surface area (Å²) in [6, 6.07) is 4.95. The smallest absolute Gasteiger partial charge is 0.270 e. The van der Waals surface area contributed by atoms with Crippen molar-refractivity contribution in [1.82, 2.24) is 15.0 Å². The van der Waals surface area contributed by atoms with Crippen molar-refractivity contribution in [2.24, 2.45) is 0 Å². The fourth-order valence-electron chi connectivity index (χ4n) is 1.82. The van der Waals surface area contributed by atoms with Gasteiger partial charge in [0.25, 0.3) is 5.69 Å². The number of hydrogen-bond donors (Lipinski definition) is 2. The zero-order valence-corrected chi connectivity index (χ0v) is 14.0. The maximum absolute atomic E-state index is 12.1. The third kappa shape index (κ3) is 5.06. The lowest BCUT2D eigenvalue weighted by atomic mass is 10.3. The standard InChI is InChI=1S/C13H16N4O4S2/c1-10-15-9-12(22-10)8-14-5-6-16-23(20,21)13-4-2-3-11(7-13)17(18)19/h2-4,7,9,14,16H,5-6,8H2,1H3. The molecule has 2 rings (SSSR count). The van der Waals surface area contributed by atoms with Gasteiger partial charge in [-0.2, -0.15) is 0 Å². The van der Waals surface area contributed by atoms with Crippen LogP contribution in [-0.2, 0) is 16.6 Å². The molecular formula is C13H16N4O4S2. The molecule has 0 aliphatic carbocycles. The number of thiazole rings is 1. The lowest BCUT2D eigenvalue weighted by Gasteiger charge is -2.07. The van der Waals surface area contributed by atoms with Crippen molar-refractivity contribution in [3.8, 4) is 0 Å². The molecular weight excluding hydrogens is 340 g/mol. The summed E-state index contributed by atoms with van der Waals surface area (Å²) in [5.74, 6) is 0. The van der Waals surface area contributed by atoms with Crippen LogP contribution in [0.3, 0.4) is 0 Å². The summed E-state index contributed by atoms with van der Waals surface area (Å²) >= 11 is 1.58. The summed E-state index contributed by atoms with van der Waals surface area (Å²) in [5.41, 5.74) is -0.258. The monoisotopic (exact) mass is 356 g/mol. The molecule has 23 heavy (non-hydrogen) atoms. The first-order chi connectivity index (χ1) is 10.9. The average Bonchev–Trinajstić information content (AvgIpc) is 2.92. The third-order valence-corrected chi connectivity index (χ3v) is 5.27. The van der Waals surface area contributed by atoms with Gasteiger partial charge in [0.15, 0.2) is 0 Å². The van der Waals surface area contributed by atoms with Crippen LogP contribution in [0.2, 0.25) is 0 Å². The molecule has 2 N–H and O–H groups in total. The molecule has 0 aliphatic rings. The van der Waals surface area contributed by atoms with E-state index in [4.69, 9.17) is 0 Å². The second kappa shape index (κ2) is 7.59. The van der Waals surface area contributed by atoms with Crippen LogP contribution in [0.4, 0.5) is 5.69 Å². The average molecular weight is 356 g/mol. The Morgan fingerprint density at radius 3 is 2.78 bits per heavy atom. The molecule has 1 aromatic carbocycles. The Morgan fingerprint density at radius 1 is 1.35 bits per heavy atom. The number of nitro groups is 1. The van der Waals surface area contributed by atoms with Crippen LogP contribution in [0.25, 0.3) is 0 Å². The van der Waals surface area contributed by atoms with Gasteiger partial charge < -0.3 is 5.32 Å². The number of nitrogens with zero attached hydrogens (tertiary/aromatic N) is 2. The summed E-state index contributed by atoms with van der Waals surface area (Å²) in [5, 5.41) is 14.8. The zero-order chi connectivity index (χ0) is 16.9. The van der Waals surface area contributed by atoms with Gasteiger partial charge in [0.2, 0.25) is 10.0 Å². The van der Waals surface area contributed by atoms with E-state index >= 15 is 0 Å². The molecule has 0 unspecified atom stereocenters. The molecule has 0 atom stereocenters. The molecule has 0 spiro atoms. The molecule has 1 aromatic heterocycles. The van der Waals surface area contributed by atoms with Crippen molar-refractivity contribution in [3.05, 3.63) is 50.5 Å². The van der Waals surface area contributed by atoms with E-state index in [1.54, 1.807) is 17.5 Å². The lowest BCUT2D eigenvalue weighted by molar-refractivity contribution is -0.385. The van der Waals surface area contributed by atoms with Gasteiger partial charge in [-0.15, -0.1) is 11.3 Å². The first-order valence-electron chi connectivity index (χ1n) is 6.74. The van der Waals surface area contributed by atoms with Crippen LogP contribution in [-0.4, -0.2) is 31.4 Å². The van der Waals surface area contributed by atoms with Crippen LogP contribution in [0.1, 0.15) is 9.88 Å². The van der Waals surface area contributed by atoms with Crippen LogP contribution >= 0.6 is 11.3 Å². The topological polar surface area (TPSA) is 114 Å². The predicted molar refractivity (Wildman–Crippen MR) is 86.8 cm³/mol. The number of rotatable bonds is 8. The Morgan fingerprint density at radius 2 is 2.13 bits per heavy atom. The van der Waals surface area contributed by atoms with Crippen molar-refractivity contribution in [2.75, 3.05) is 13.1 Å². The van der Waals surface area contributed by atoms with Gasteiger partial charge in [0.1, 0.15) is 0 Å². The van der Waals surface area contributed by atoms with Crippen molar-refractivity contribution >= 4 is 27.0 Å². The molecule has 2 aromatic rings. The Bertz CT molecular complexity index is 789. The number of hydrogen-bond acceptors (Lipinski definition) is 7. The van der Waals surface area contributed by atoms with E-state index in [0.717, 1.165) is 16.0 Å². The highest BCUT2D eigenvalue weighted by Crippen LogP contribution is 2.16. The molecule has 0 saturated carbocycles. The molecule has 124 valence electrons. The number of nitro benzene ring substituents is 1. The van der Waals surface area contributed by atoms with Crippen molar-refractivity contribution < 1.29 is 13.3 Å². The van der Waals surface area contributed by atoms with Crippen LogP contribution in [0, 0.1) is 17.0 Å². The Hall–Kier alpha value is -1.88. The fourth-order valence-corrected chi connectivity index (χ4v) is 3.66. The maximum Gasteiger partial charge on any atom is 0.270 e. The molecule has 0 radical (unpaired) electrons. The number of nitrogens with one attached hydrogen (secondary N) is 2. The summed E-state index contributed by atoms with van der Waals surface area (Å²) in [6.07, 6.45) is 1.78. The number of aryl methyl sites for hydroxylation is 1. The number of non-ortho nitro benzene ring substituents is 1. The Labute approximate surface area is 137 Å². The normalized spacial score (nSPS) is 11.5. The number of benzene rings is 1. The second-order valence-electron chi connectivity index (χ2n) is 4.67. The molecule has 0 saturated heterocycles. The van der Waals surface area contributed by atoms with Gasteiger partial charge >= 0.3 is 0 Å². The highest BCUT2D eigenvalue weighted by molar-refractivity contribution is 7.89. The van der Waals surface area contributed by atoms with Crippen molar-refractivity contribution in [1.29, 1.82) is 0 Å². The minimum atomic E-state index is -3.76. The minimum absolute atomic E-state index is 0.121. The molecule has 0 bridgehead atoms. The quantitative estimate of drug-likeness (QED) is 0.420.